The average Bonchev–Trinajstić information content (AvgIpc) is 3.18. The van der Waals surface area contributed by atoms with Crippen LogP contribution in [0.2, 0.25) is 0 Å². The summed E-state index contributed by atoms with van der Waals surface area (Å²) in [6.45, 7) is 4.12. The summed E-state index contributed by atoms with van der Waals surface area (Å²) < 4.78 is 19.6. The molecule has 38 heavy (non-hydrogen) atoms. The highest BCUT2D eigenvalue weighted by Crippen LogP contribution is 2.43. The van der Waals surface area contributed by atoms with E-state index in [0.717, 1.165) is 16.7 Å². The lowest BCUT2D eigenvalue weighted by molar-refractivity contribution is -0.132. The number of benzene rings is 4. The number of carbonyl (C=O) groups is 2. The Labute approximate surface area is 220 Å². The van der Waals surface area contributed by atoms with Crippen LogP contribution in [0.25, 0.3) is 5.76 Å². The van der Waals surface area contributed by atoms with Crippen molar-refractivity contribution in [3.8, 4) is 5.75 Å². The molecule has 0 spiro atoms. The van der Waals surface area contributed by atoms with Crippen LogP contribution in [-0.4, -0.2) is 16.8 Å². The standard InChI is InChI=1S/C32H26FNO4/c1-20-8-6-7-11-26(20)29-28(31(36)32(37)34(29)25-15-13-24(33)14-16-25)30(35)23-12-17-27(21(2)18-23)38-19-22-9-4-3-5-10-22/h3-18,29,35H,19H2,1-2H3/b30-28+. The fourth-order valence-electron chi connectivity index (χ4n) is 4.74. The fourth-order valence-corrected chi connectivity index (χ4v) is 4.74. The quantitative estimate of drug-likeness (QED) is 0.180. The number of aliphatic hydroxyl groups excluding tert-OH is 1. The van der Waals surface area contributed by atoms with Gasteiger partial charge in [0.2, 0.25) is 0 Å². The van der Waals surface area contributed by atoms with Crippen LogP contribution in [0.4, 0.5) is 10.1 Å². The zero-order valence-electron chi connectivity index (χ0n) is 21.0. The maximum Gasteiger partial charge on any atom is 0.300 e. The number of amides is 1. The van der Waals surface area contributed by atoms with E-state index in [4.69, 9.17) is 4.74 Å². The van der Waals surface area contributed by atoms with Crippen LogP contribution in [0, 0.1) is 19.7 Å². The predicted molar refractivity (Wildman–Crippen MR) is 144 cm³/mol. The maximum atomic E-state index is 13.6. The summed E-state index contributed by atoms with van der Waals surface area (Å²) in [5.74, 6) is -1.68. The highest BCUT2D eigenvalue weighted by molar-refractivity contribution is 6.51. The second-order valence-corrected chi connectivity index (χ2v) is 9.26. The lowest BCUT2D eigenvalue weighted by Gasteiger charge is -2.26. The fraction of sp³-hybridized carbons (Fsp3) is 0.125. The van der Waals surface area contributed by atoms with Crippen LogP contribution in [0.15, 0.2) is 103 Å². The molecule has 0 aliphatic carbocycles. The van der Waals surface area contributed by atoms with Gasteiger partial charge in [-0.2, -0.15) is 0 Å². The number of hydrogen-bond donors (Lipinski definition) is 1. The van der Waals surface area contributed by atoms with Crippen LogP contribution >= 0.6 is 0 Å². The van der Waals surface area contributed by atoms with Gasteiger partial charge in [-0.25, -0.2) is 4.39 Å². The highest BCUT2D eigenvalue weighted by Gasteiger charge is 2.47. The van der Waals surface area contributed by atoms with Crippen molar-refractivity contribution in [3.63, 3.8) is 0 Å². The molecular formula is C32H26FNO4. The van der Waals surface area contributed by atoms with Gasteiger partial charge in [0, 0.05) is 11.3 Å². The molecule has 1 aliphatic heterocycles. The molecule has 0 radical (unpaired) electrons. The second kappa shape index (κ2) is 10.3. The van der Waals surface area contributed by atoms with E-state index in [1.54, 1.807) is 18.2 Å². The molecule has 6 heteroatoms. The number of aliphatic hydroxyl groups is 1. The number of carbonyl (C=O) groups excluding carboxylic acids is 2. The van der Waals surface area contributed by atoms with E-state index in [1.807, 2.05) is 68.4 Å². The van der Waals surface area contributed by atoms with Gasteiger partial charge in [0.05, 0.1) is 11.6 Å². The molecule has 1 heterocycles. The summed E-state index contributed by atoms with van der Waals surface area (Å²) in [7, 11) is 0. The van der Waals surface area contributed by atoms with Gasteiger partial charge in [-0.15, -0.1) is 0 Å². The van der Waals surface area contributed by atoms with Gasteiger partial charge in [-0.3, -0.25) is 14.5 Å². The number of rotatable bonds is 6. The van der Waals surface area contributed by atoms with E-state index in [9.17, 15) is 19.1 Å². The molecule has 1 atom stereocenters. The molecule has 1 amide bonds. The lowest BCUT2D eigenvalue weighted by Crippen LogP contribution is -2.29. The molecule has 5 nitrogen and oxygen atoms in total. The van der Waals surface area contributed by atoms with Crippen molar-refractivity contribution < 1.29 is 23.8 Å². The number of anilines is 1. The van der Waals surface area contributed by atoms with Crippen molar-refractivity contribution in [1.29, 1.82) is 0 Å². The van der Waals surface area contributed by atoms with Crippen molar-refractivity contribution in [2.24, 2.45) is 0 Å². The van der Waals surface area contributed by atoms with Crippen LogP contribution in [0.5, 0.6) is 5.75 Å². The molecule has 4 aromatic carbocycles. The second-order valence-electron chi connectivity index (χ2n) is 9.26. The lowest BCUT2D eigenvalue weighted by atomic mass is 9.92. The first-order valence-electron chi connectivity index (χ1n) is 12.2. The number of Topliss-reactive ketones (excluding diaryl/α,β-unsaturated/α-hetero) is 1. The van der Waals surface area contributed by atoms with Crippen molar-refractivity contribution in [3.05, 3.63) is 136 Å². The maximum absolute atomic E-state index is 13.6. The third-order valence-corrected chi connectivity index (χ3v) is 6.72. The van der Waals surface area contributed by atoms with Crippen molar-refractivity contribution >= 4 is 23.1 Å². The van der Waals surface area contributed by atoms with E-state index in [-0.39, 0.29) is 11.3 Å². The van der Waals surface area contributed by atoms with Crippen LogP contribution in [0.1, 0.15) is 33.9 Å². The van der Waals surface area contributed by atoms with Crippen molar-refractivity contribution in [2.45, 2.75) is 26.5 Å². The number of aryl methyl sites for hydroxylation is 2. The Kier molecular flexibility index (Phi) is 6.79. The van der Waals surface area contributed by atoms with E-state index in [0.29, 0.717) is 29.2 Å². The zero-order chi connectivity index (χ0) is 26.8. The number of ketones is 1. The van der Waals surface area contributed by atoms with Gasteiger partial charge in [0.15, 0.2) is 0 Å². The first-order valence-corrected chi connectivity index (χ1v) is 12.2. The molecule has 1 N–H and O–H groups in total. The largest absolute Gasteiger partial charge is 0.507 e. The van der Waals surface area contributed by atoms with Gasteiger partial charge in [-0.1, -0.05) is 54.6 Å². The summed E-state index contributed by atoms with van der Waals surface area (Å²) in [5.41, 5.74) is 4.07. The Bertz CT molecular complexity index is 1540. The van der Waals surface area contributed by atoms with Crippen LogP contribution < -0.4 is 9.64 Å². The summed E-state index contributed by atoms with van der Waals surface area (Å²) >= 11 is 0. The molecule has 4 aromatic rings. The summed E-state index contributed by atoms with van der Waals surface area (Å²) in [4.78, 5) is 28.0. The number of nitrogens with zero attached hydrogens (tertiary/aromatic N) is 1. The molecule has 1 saturated heterocycles. The van der Waals surface area contributed by atoms with Gasteiger partial charge in [0.1, 0.15) is 23.9 Å². The Morgan fingerprint density at radius 1 is 0.868 bits per heavy atom. The molecule has 1 aliphatic rings. The average molecular weight is 508 g/mol. The molecule has 190 valence electrons. The Morgan fingerprint density at radius 3 is 2.24 bits per heavy atom. The van der Waals surface area contributed by atoms with Gasteiger partial charge in [0.25, 0.3) is 11.7 Å². The highest BCUT2D eigenvalue weighted by atomic mass is 19.1. The molecule has 1 unspecified atom stereocenters. The zero-order valence-corrected chi connectivity index (χ0v) is 21.0. The number of hydrogen-bond acceptors (Lipinski definition) is 4. The first kappa shape index (κ1) is 25.0. The molecule has 0 saturated carbocycles. The van der Waals surface area contributed by atoms with Crippen LogP contribution in [-0.2, 0) is 16.2 Å². The molecule has 1 fully saturated rings. The van der Waals surface area contributed by atoms with E-state index in [2.05, 4.69) is 0 Å². The minimum Gasteiger partial charge on any atom is -0.507 e. The number of ether oxygens (including phenoxy) is 1. The van der Waals surface area contributed by atoms with Gasteiger partial charge in [-0.05, 0) is 78.6 Å². The molecular weight excluding hydrogens is 481 g/mol. The molecule has 0 aromatic heterocycles. The summed E-state index contributed by atoms with van der Waals surface area (Å²) in [6.07, 6.45) is 0. The van der Waals surface area contributed by atoms with E-state index >= 15 is 0 Å². The third-order valence-electron chi connectivity index (χ3n) is 6.72. The van der Waals surface area contributed by atoms with Crippen molar-refractivity contribution in [2.75, 3.05) is 4.90 Å². The topological polar surface area (TPSA) is 66.8 Å². The molecule has 0 bridgehead atoms. The van der Waals surface area contributed by atoms with Crippen molar-refractivity contribution in [1.82, 2.24) is 0 Å². The first-order chi connectivity index (χ1) is 18.3. The third kappa shape index (κ3) is 4.68. The molecule has 5 rings (SSSR count). The summed E-state index contributed by atoms with van der Waals surface area (Å²) in [5, 5.41) is 11.4. The number of halogens is 1. The monoisotopic (exact) mass is 507 g/mol. The Morgan fingerprint density at radius 2 is 1.55 bits per heavy atom. The predicted octanol–water partition coefficient (Wildman–Crippen LogP) is 6.65. The smallest absolute Gasteiger partial charge is 0.300 e. The minimum absolute atomic E-state index is 0.0222. The van der Waals surface area contributed by atoms with Crippen LogP contribution in [0.3, 0.4) is 0 Å². The van der Waals surface area contributed by atoms with Gasteiger partial charge >= 0.3 is 0 Å². The SMILES string of the molecule is Cc1cc(/C(O)=C2\C(=O)C(=O)N(c3ccc(F)cc3)C2c2ccccc2C)ccc1OCc1ccccc1. The normalized spacial score (nSPS) is 16.6. The Balaban J connectivity index is 1.57. The Hall–Kier alpha value is -4.71. The minimum atomic E-state index is -0.879. The van der Waals surface area contributed by atoms with E-state index < -0.39 is 23.5 Å². The van der Waals surface area contributed by atoms with E-state index in [1.165, 1.54) is 29.2 Å². The van der Waals surface area contributed by atoms with Gasteiger partial charge < -0.3 is 9.84 Å². The summed E-state index contributed by atoms with van der Waals surface area (Å²) in [6, 6.07) is 26.8.